The predicted octanol–water partition coefficient (Wildman–Crippen LogP) is 4.30. The van der Waals surface area contributed by atoms with Crippen LogP contribution in [-0.4, -0.2) is 36.8 Å². The summed E-state index contributed by atoms with van der Waals surface area (Å²) in [5.41, 5.74) is 3.42. The Hall–Kier alpha value is -4.05. The summed E-state index contributed by atoms with van der Waals surface area (Å²) < 4.78 is 9.80. The Balaban J connectivity index is 2.07. The minimum Gasteiger partial charge on any atom is -0.507 e. The van der Waals surface area contributed by atoms with E-state index in [4.69, 9.17) is 9.47 Å². The normalized spacial score (nSPS) is 10.8. The summed E-state index contributed by atoms with van der Waals surface area (Å²) in [6.45, 7) is 10.1. The van der Waals surface area contributed by atoms with E-state index in [1.54, 1.807) is 18.2 Å². The maximum Gasteiger partial charge on any atom is 0.349 e. The first-order chi connectivity index (χ1) is 15.7. The van der Waals surface area contributed by atoms with Gasteiger partial charge in [0.05, 0.1) is 0 Å². The second-order valence-electron chi connectivity index (χ2n) is 7.46. The topological polar surface area (TPSA) is 99.9 Å². The Morgan fingerprint density at radius 3 is 2.30 bits per heavy atom. The van der Waals surface area contributed by atoms with Crippen LogP contribution in [0.25, 0.3) is 6.08 Å². The van der Waals surface area contributed by atoms with E-state index in [1.165, 1.54) is 18.6 Å². The average molecular weight is 449 g/mol. The summed E-state index contributed by atoms with van der Waals surface area (Å²) in [6.07, 6.45) is 1.26. The summed E-state index contributed by atoms with van der Waals surface area (Å²) in [6, 6.07) is 15.1. The van der Waals surface area contributed by atoms with Gasteiger partial charge in [0, 0.05) is 36.0 Å². The van der Waals surface area contributed by atoms with E-state index in [0.717, 1.165) is 17.8 Å². The number of carbonyl (C=O) groups excluding carboxylic acids is 2. The number of carbonyl (C=O) groups is 2. The molecule has 0 aliphatic rings. The second-order valence-corrected chi connectivity index (χ2v) is 7.46. The Kier molecular flexibility index (Phi) is 9.25. The van der Waals surface area contributed by atoms with Crippen molar-refractivity contribution in [3.05, 3.63) is 76.9 Å². The number of hydrogen-bond donors (Lipinski definition) is 1. The minimum absolute atomic E-state index is 0.0641. The van der Waals surface area contributed by atoms with E-state index in [1.807, 2.05) is 19.9 Å². The molecule has 172 valence electrons. The van der Waals surface area contributed by atoms with Gasteiger partial charge in [0.15, 0.2) is 0 Å². The molecule has 7 heteroatoms. The van der Waals surface area contributed by atoms with Crippen molar-refractivity contribution in [3.8, 4) is 11.8 Å². The van der Waals surface area contributed by atoms with Crippen LogP contribution in [0.3, 0.4) is 0 Å². The molecule has 0 aliphatic heterocycles. The van der Waals surface area contributed by atoms with Gasteiger partial charge >= 0.3 is 11.9 Å². The number of phenols is 1. The largest absolute Gasteiger partial charge is 0.507 e. The third kappa shape index (κ3) is 7.54. The third-order valence-electron chi connectivity index (χ3n) is 4.79. The van der Waals surface area contributed by atoms with Crippen molar-refractivity contribution in [1.29, 1.82) is 5.26 Å². The van der Waals surface area contributed by atoms with Crippen LogP contribution in [0.15, 0.2) is 60.2 Å². The molecule has 0 aromatic heterocycles. The molecule has 1 N–H and O–H groups in total. The van der Waals surface area contributed by atoms with Crippen molar-refractivity contribution in [3.63, 3.8) is 0 Å². The maximum atomic E-state index is 12.2. The quantitative estimate of drug-likeness (QED) is 0.250. The van der Waals surface area contributed by atoms with Gasteiger partial charge in [0.2, 0.25) is 0 Å². The fraction of sp³-hybridized carbons (Fsp3) is 0.269. The molecule has 0 saturated carbocycles. The van der Waals surface area contributed by atoms with E-state index in [9.17, 15) is 20.0 Å². The molecule has 0 atom stereocenters. The van der Waals surface area contributed by atoms with Gasteiger partial charge < -0.3 is 19.5 Å². The molecule has 0 unspecified atom stereocenters. The number of rotatable bonds is 10. The zero-order chi connectivity index (χ0) is 24.4. The number of hydrogen-bond acceptors (Lipinski definition) is 7. The molecular formula is C26H28N2O5. The predicted molar refractivity (Wildman–Crippen MR) is 126 cm³/mol. The van der Waals surface area contributed by atoms with Crippen molar-refractivity contribution in [2.24, 2.45) is 0 Å². The van der Waals surface area contributed by atoms with E-state index in [2.05, 4.69) is 35.7 Å². The number of anilines is 1. The molecule has 2 aromatic rings. The molecule has 2 aromatic carbocycles. The first kappa shape index (κ1) is 25.2. The number of aromatic hydroxyl groups is 1. The zero-order valence-electron chi connectivity index (χ0n) is 19.1. The number of ether oxygens (including phenoxy) is 2. The molecule has 0 fully saturated rings. The van der Waals surface area contributed by atoms with E-state index in [-0.39, 0.29) is 30.1 Å². The first-order valence-electron chi connectivity index (χ1n) is 10.5. The monoisotopic (exact) mass is 448 g/mol. The molecule has 2 rings (SSSR count). The van der Waals surface area contributed by atoms with Crippen molar-refractivity contribution in [1.82, 2.24) is 0 Å². The summed E-state index contributed by atoms with van der Waals surface area (Å²) in [5, 5.41) is 19.8. The van der Waals surface area contributed by atoms with E-state index in [0.29, 0.717) is 12.1 Å². The molecule has 0 saturated heterocycles. The van der Waals surface area contributed by atoms with Crippen LogP contribution in [0.1, 0.15) is 30.5 Å². The molecule has 33 heavy (non-hydrogen) atoms. The van der Waals surface area contributed by atoms with Crippen LogP contribution in [0, 0.1) is 18.3 Å². The highest BCUT2D eigenvalue weighted by Crippen LogP contribution is 2.27. The van der Waals surface area contributed by atoms with Crippen molar-refractivity contribution in [2.75, 3.05) is 24.7 Å². The Morgan fingerprint density at radius 2 is 1.76 bits per heavy atom. The molecule has 0 aliphatic carbocycles. The maximum absolute atomic E-state index is 12.2. The first-order valence-corrected chi connectivity index (χ1v) is 10.5. The van der Waals surface area contributed by atoms with Crippen LogP contribution in [-0.2, 0) is 25.6 Å². The number of nitriles is 1. The van der Waals surface area contributed by atoms with Gasteiger partial charge in [-0.15, -0.1) is 0 Å². The number of benzene rings is 2. The standard InChI is InChI=1S/C26H28N2O5/c1-5-28(17-20-8-6-19(4)7-9-20)23-11-10-21(24(29)15-23)14-22(16-27)26(31)33-13-12-32-25(30)18(2)3/h6-11,14-15,29H,2,5,12-13,17H2,1,3-4H3. The number of esters is 2. The van der Waals surface area contributed by atoms with E-state index < -0.39 is 11.9 Å². The van der Waals surface area contributed by atoms with Crippen molar-refractivity contribution < 1.29 is 24.2 Å². The molecule has 0 spiro atoms. The van der Waals surface area contributed by atoms with Gasteiger partial charge in [-0.05, 0) is 44.5 Å². The van der Waals surface area contributed by atoms with E-state index >= 15 is 0 Å². The lowest BCUT2D eigenvalue weighted by Crippen LogP contribution is -2.21. The summed E-state index contributed by atoms with van der Waals surface area (Å²) in [4.78, 5) is 25.6. The van der Waals surface area contributed by atoms with Crippen LogP contribution in [0.2, 0.25) is 0 Å². The van der Waals surface area contributed by atoms with Crippen molar-refractivity contribution in [2.45, 2.75) is 27.3 Å². The third-order valence-corrected chi connectivity index (χ3v) is 4.79. The summed E-state index contributed by atoms with van der Waals surface area (Å²) in [7, 11) is 0. The van der Waals surface area contributed by atoms with Gasteiger partial charge in [-0.1, -0.05) is 36.4 Å². The fourth-order valence-corrected chi connectivity index (χ4v) is 2.91. The molecule has 0 bridgehead atoms. The van der Waals surface area contributed by atoms with Gasteiger partial charge in [-0.2, -0.15) is 5.26 Å². The lowest BCUT2D eigenvalue weighted by molar-refractivity contribution is -0.147. The van der Waals surface area contributed by atoms with Gasteiger partial charge in [-0.25, -0.2) is 9.59 Å². The average Bonchev–Trinajstić information content (AvgIpc) is 2.80. The lowest BCUT2D eigenvalue weighted by Gasteiger charge is -2.24. The fourth-order valence-electron chi connectivity index (χ4n) is 2.91. The van der Waals surface area contributed by atoms with Crippen LogP contribution in [0.4, 0.5) is 5.69 Å². The zero-order valence-corrected chi connectivity index (χ0v) is 19.1. The highest BCUT2D eigenvalue weighted by Gasteiger charge is 2.14. The Morgan fingerprint density at radius 1 is 1.12 bits per heavy atom. The molecule has 7 nitrogen and oxygen atoms in total. The Bertz CT molecular complexity index is 1080. The molecule has 0 amide bonds. The van der Waals surface area contributed by atoms with Gasteiger partial charge in [0.25, 0.3) is 0 Å². The lowest BCUT2D eigenvalue weighted by atomic mass is 10.1. The number of phenolic OH excluding ortho intramolecular Hbond substituents is 1. The Labute approximate surface area is 194 Å². The summed E-state index contributed by atoms with van der Waals surface area (Å²) in [5.74, 6) is -1.52. The smallest absolute Gasteiger partial charge is 0.349 e. The second kappa shape index (κ2) is 12.1. The van der Waals surface area contributed by atoms with Crippen LogP contribution < -0.4 is 4.90 Å². The molecule has 0 heterocycles. The van der Waals surface area contributed by atoms with Gasteiger partial charge in [0.1, 0.15) is 30.6 Å². The summed E-state index contributed by atoms with van der Waals surface area (Å²) >= 11 is 0. The van der Waals surface area contributed by atoms with Gasteiger partial charge in [-0.3, -0.25) is 0 Å². The minimum atomic E-state index is -0.873. The molecular weight excluding hydrogens is 420 g/mol. The number of nitrogens with zero attached hydrogens (tertiary/aromatic N) is 2. The highest BCUT2D eigenvalue weighted by molar-refractivity contribution is 5.98. The highest BCUT2D eigenvalue weighted by atomic mass is 16.6. The van der Waals surface area contributed by atoms with Crippen molar-refractivity contribution >= 4 is 23.7 Å². The SMILES string of the molecule is C=C(C)C(=O)OCCOC(=O)C(C#N)=Cc1ccc(N(CC)Cc2ccc(C)cc2)cc1O. The van der Waals surface area contributed by atoms with Crippen LogP contribution >= 0.6 is 0 Å². The molecule has 0 radical (unpaired) electrons. The number of aryl methyl sites for hydroxylation is 1. The van der Waals surface area contributed by atoms with Crippen LogP contribution in [0.5, 0.6) is 5.75 Å².